The van der Waals surface area contributed by atoms with Crippen LogP contribution in [0.5, 0.6) is 0 Å². The lowest BCUT2D eigenvalue weighted by Gasteiger charge is -2.12. The molecule has 4 nitrogen and oxygen atoms in total. The normalized spacial score (nSPS) is 12.0. The molecule has 0 rings (SSSR count). The van der Waals surface area contributed by atoms with Crippen molar-refractivity contribution in [2.75, 3.05) is 13.2 Å². The lowest BCUT2D eigenvalue weighted by Crippen LogP contribution is -1.99. The highest BCUT2D eigenvalue weighted by Gasteiger charge is 2.20. The molecule has 0 atom stereocenters. The summed E-state index contributed by atoms with van der Waals surface area (Å²) in [6, 6.07) is 0. The summed E-state index contributed by atoms with van der Waals surface area (Å²) in [5.41, 5.74) is 0. The van der Waals surface area contributed by atoms with Gasteiger partial charge in [0.05, 0.1) is 13.2 Å². The SMILES string of the molecule is CCCCCCCCCCCCCCCCCCCCCCCCCCCCOP(=O)(O)OCCCCCCCCCCCCCCCCCCCCCCCCCCCC. The molecule has 0 unspecified atom stereocenters. The first-order chi connectivity index (χ1) is 30.1. The van der Waals surface area contributed by atoms with Gasteiger partial charge in [0.25, 0.3) is 0 Å². The van der Waals surface area contributed by atoms with E-state index in [0.717, 1.165) is 25.7 Å². The number of hydrogen-bond donors (Lipinski definition) is 1. The summed E-state index contributed by atoms with van der Waals surface area (Å²) in [6.45, 7) is 5.25. The predicted molar refractivity (Wildman–Crippen MR) is 273 cm³/mol. The molecule has 61 heavy (non-hydrogen) atoms. The average molecular weight is 884 g/mol. The van der Waals surface area contributed by atoms with E-state index in [1.165, 1.54) is 308 Å². The summed E-state index contributed by atoms with van der Waals surface area (Å²) in [6.07, 6.45) is 71.8. The van der Waals surface area contributed by atoms with Gasteiger partial charge in [0.15, 0.2) is 0 Å². The Kier molecular flexibility index (Phi) is 54.5. The first kappa shape index (κ1) is 61.1. The monoisotopic (exact) mass is 883 g/mol. The molecule has 0 saturated heterocycles. The van der Waals surface area contributed by atoms with Gasteiger partial charge in [-0.3, -0.25) is 9.05 Å². The first-order valence-electron chi connectivity index (χ1n) is 28.7. The van der Waals surface area contributed by atoms with Crippen LogP contribution < -0.4 is 0 Å². The first-order valence-corrected chi connectivity index (χ1v) is 30.2. The van der Waals surface area contributed by atoms with Crippen LogP contribution in [0.25, 0.3) is 0 Å². The van der Waals surface area contributed by atoms with Crippen LogP contribution in [0.15, 0.2) is 0 Å². The molecule has 0 bridgehead atoms. The number of hydrogen-bond acceptors (Lipinski definition) is 3. The average Bonchev–Trinajstić information content (AvgIpc) is 3.25. The van der Waals surface area contributed by atoms with Crippen LogP contribution >= 0.6 is 7.82 Å². The van der Waals surface area contributed by atoms with E-state index in [1.807, 2.05) is 0 Å². The summed E-state index contributed by atoms with van der Waals surface area (Å²) in [4.78, 5) is 10.0. The molecule has 0 aromatic rings. The summed E-state index contributed by atoms with van der Waals surface area (Å²) in [5, 5.41) is 0. The van der Waals surface area contributed by atoms with Crippen LogP contribution in [-0.4, -0.2) is 18.1 Å². The van der Waals surface area contributed by atoms with Crippen molar-refractivity contribution in [2.45, 2.75) is 348 Å². The second-order valence-corrected chi connectivity index (χ2v) is 21.3. The second kappa shape index (κ2) is 54.4. The summed E-state index contributed by atoms with van der Waals surface area (Å²) < 4.78 is 22.7. The van der Waals surface area contributed by atoms with Gasteiger partial charge in [-0.1, -0.05) is 335 Å². The Morgan fingerprint density at radius 3 is 0.475 bits per heavy atom. The van der Waals surface area contributed by atoms with E-state index < -0.39 is 7.82 Å². The Morgan fingerprint density at radius 2 is 0.344 bits per heavy atom. The molecule has 0 aromatic heterocycles. The molecule has 0 aliphatic rings. The Morgan fingerprint density at radius 1 is 0.230 bits per heavy atom. The fraction of sp³-hybridized carbons (Fsp3) is 1.00. The smallest absolute Gasteiger partial charge is 0.302 e. The lowest BCUT2D eigenvalue weighted by molar-refractivity contribution is 0.145. The molecule has 0 aliphatic heterocycles. The van der Waals surface area contributed by atoms with Crippen LogP contribution in [-0.2, 0) is 13.6 Å². The van der Waals surface area contributed by atoms with Gasteiger partial charge in [-0.05, 0) is 12.8 Å². The molecule has 0 aliphatic carbocycles. The van der Waals surface area contributed by atoms with Crippen molar-refractivity contribution in [1.29, 1.82) is 0 Å². The van der Waals surface area contributed by atoms with E-state index in [-0.39, 0.29) is 0 Å². The fourth-order valence-electron chi connectivity index (χ4n) is 9.23. The van der Waals surface area contributed by atoms with E-state index in [4.69, 9.17) is 9.05 Å². The largest absolute Gasteiger partial charge is 0.472 e. The fourth-order valence-corrected chi connectivity index (χ4v) is 10.0. The maximum atomic E-state index is 12.2. The predicted octanol–water partition coefficient (Wildman–Crippen LogP) is 21.4. The molecular weight excluding hydrogens is 768 g/mol. The second-order valence-electron chi connectivity index (χ2n) is 19.8. The Labute approximate surface area is 385 Å². The van der Waals surface area contributed by atoms with Gasteiger partial charge in [0, 0.05) is 0 Å². The van der Waals surface area contributed by atoms with Crippen molar-refractivity contribution in [1.82, 2.24) is 0 Å². The molecule has 1 N–H and O–H groups in total. The zero-order valence-electron chi connectivity index (χ0n) is 42.3. The number of phosphoric ester groups is 1. The van der Waals surface area contributed by atoms with Gasteiger partial charge in [-0.25, -0.2) is 4.57 Å². The van der Waals surface area contributed by atoms with Crippen molar-refractivity contribution in [3.05, 3.63) is 0 Å². The minimum absolute atomic E-state index is 0.326. The van der Waals surface area contributed by atoms with Gasteiger partial charge < -0.3 is 4.89 Å². The number of phosphoric acid groups is 1. The molecule has 0 spiro atoms. The minimum atomic E-state index is -3.89. The van der Waals surface area contributed by atoms with Crippen molar-refractivity contribution in [3.63, 3.8) is 0 Å². The maximum Gasteiger partial charge on any atom is 0.472 e. The number of rotatable bonds is 56. The third kappa shape index (κ3) is 56.2. The molecule has 0 radical (unpaired) electrons. The van der Waals surface area contributed by atoms with Gasteiger partial charge in [0.2, 0.25) is 0 Å². The van der Waals surface area contributed by atoms with E-state index in [1.54, 1.807) is 0 Å². The molecule has 0 saturated carbocycles. The molecule has 0 aromatic carbocycles. The number of unbranched alkanes of at least 4 members (excludes halogenated alkanes) is 50. The van der Waals surface area contributed by atoms with Crippen molar-refractivity contribution >= 4 is 7.82 Å². The van der Waals surface area contributed by atoms with E-state index in [0.29, 0.717) is 13.2 Å². The molecule has 0 heterocycles. The summed E-state index contributed by atoms with van der Waals surface area (Å²) >= 11 is 0. The van der Waals surface area contributed by atoms with Gasteiger partial charge in [-0.2, -0.15) is 0 Å². The van der Waals surface area contributed by atoms with Crippen molar-refractivity contribution in [3.8, 4) is 0 Å². The van der Waals surface area contributed by atoms with E-state index in [2.05, 4.69) is 13.8 Å². The van der Waals surface area contributed by atoms with Crippen LogP contribution in [0.4, 0.5) is 0 Å². The quantitative estimate of drug-likeness (QED) is 0.0488. The van der Waals surface area contributed by atoms with Gasteiger partial charge in [0.1, 0.15) is 0 Å². The van der Waals surface area contributed by atoms with Crippen LogP contribution in [0.3, 0.4) is 0 Å². The summed E-state index contributed by atoms with van der Waals surface area (Å²) in [5.74, 6) is 0. The van der Waals surface area contributed by atoms with Gasteiger partial charge >= 0.3 is 7.82 Å². The zero-order chi connectivity index (χ0) is 44.1. The van der Waals surface area contributed by atoms with E-state index in [9.17, 15) is 9.46 Å². The Bertz CT molecular complexity index is 758. The van der Waals surface area contributed by atoms with Crippen LogP contribution in [0, 0.1) is 0 Å². The van der Waals surface area contributed by atoms with Crippen molar-refractivity contribution < 1.29 is 18.5 Å². The highest BCUT2D eigenvalue weighted by Crippen LogP contribution is 2.43. The van der Waals surface area contributed by atoms with E-state index >= 15 is 0 Å². The Balaban J connectivity index is 3.22. The molecule has 0 amide bonds. The van der Waals surface area contributed by atoms with Gasteiger partial charge in [-0.15, -0.1) is 0 Å². The zero-order valence-corrected chi connectivity index (χ0v) is 43.2. The molecule has 368 valence electrons. The highest BCUT2D eigenvalue weighted by atomic mass is 31.2. The third-order valence-corrected chi connectivity index (χ3v) is 14.5. The lowest BCUT2D eigenvalue weighted by atomic mass is 10.0. The van der Waals surface area contributed by atoms with Crippen LogP contribution in [0.1, 0.15) is 348 Å². The highest BCUT2D eigenvalue weighted by molar-refractivity contribution is 7.47. The van der Waals surface area contributed by atoms with Crippen LogP contribution in [0.2, 0.25) is 0 Å². The standard InChI is InChI=1S/C56H115O4P/c1-3-5-7-9-11-13-15-17-19-21-23-25-27-29-31-33-35-37-39-41-43-45-47-49-51-53-55-59-61(57,58)60-56-54-52-50-48-46-44-42-40-38-36-34-32-30-28-26-24-22-20-18-16-14-12-10-8-6-4-2/h3-56H2,1-2H3,(H,57,58). The molecular formula is C56H115O4P. The maximum absolute atomic E-state index is 12.2. The van der Waals surface area contributed by atoms with Crippen molar-refractivity contribution in [2.24, 2.45) is 0 Å². The summed E-state index contributed by atoms with van der Waals surface area (Å²) in [7, 11) is -3.89. The molecule has 0 fully saturated rings. The molecule has 5 heteroatoms. The minimum Gasteiger partial charge on any atom is -0.302 e. The Hall–Kier alpha value is 0.110. The third-order valence-electron chi connectivity index (χ3n) is 13.5. The topological polar surface area (TPSA) is 55.8 Å².